The summed E-state index contributed by atoms with van der Waals surface area (Å²) in [6, 6.07) is 6.41. The molecule has 1 rings (SSSR count). The normalized spacial score (nSPS) is 10.8. The maximum Gasteiger partial charge on any atom is 0.122 e. The van der Waals surface area contributed by atoms with Crippen LogP contribution in [0, 0.1) is 13.8 Å². The van der Waals surface area contributed by atoms with Crippen LogP contribution < -0.4 is 4.74 Å². The van der Waals surface area contributed by atoms with Crippen molar-refractivity contribution in [2.45, 2.75) is 65.2 Å². The zero-order chi connectivity index (χ0) is 14.6. The minimum atomic E-state index is 0.855. The highest BCUT2D eigenvalue weighted by atomic mass is 79.9. The summed E-state index contributed by atoms with van der Waals surface area (Å²) in [5.41, 5.74) is 2.51. The van der Waals surface area contributed by atoms with Crippen molar-refractivity contribution in [2.75, 3.05) is 11.9 Å². The Morgan fingerprint density at radius 1 is 0.850 bits per heavy atom. The van der Waals surface area contributed by atoms with Gasteiger partial charge in [0.1, 0.15) is 5.75 Å². The maximum absolute atomic E-state index is 5.87. The van der Waals surface area contributed by atoms with Gasteiger partial charge in [-0.1, -0.05) is 66.6 Å². The fourth-order valence-electron chi connectivity index (χ4n) is 2.30. The van der Waals surface area contributed by atoms with Gasteiger partial charge in [0.15, 0.2) is 0 Å². The standard InChI is InChI=1S/C18H29BrO/c1-16-11-12-17(2)18(15-16)20-14-10-8-6-4-3-5-7-9-13-19/h11-12,15H,3-10,13-14H2,1-2H3. The molecule has 0 radical (unpaired) electrons. The zero-order valence-corrected chi connectivity index (χ0v) is 14.7. The van der Waals surface area contributed by atoms with E-state index >= 15 is 0 Å². The lowest BCUT2D eigenvalue weighted by Crippen LogP contribution is -1.99. The topological polar surface area (TPSA) is 9.23 Å². The Morgan fingerprint density at radius 3 is 2.10 bits per heavy atom. The maximum atomic E-state index is 5.87. The van der Waals surface area contributed by atoms with Gasteiger partial charge in [-0.05, 0) is 43.9 Å². The van der Waals surface area contributed by atoms with Gasteiger partial charge in [0.2, 0.25) is 0 Å². The third-order valence-corrected chi connectivity index (χ3v) is 4.19. The van der Waals surface area contributed by atoms with Gasteiger partial charge in [0.25, 0.3) is 0 Å². The predicted molar refractivity (Wildman–Crippen MR) is 92.1 cm³/mol. The molecule has 0 saturated carbocycles. The van der Waals surface area contributed by atoms with Gasteiger partial charge in [0.05, 0.1) is 6.61 Å². The van der Waals surface area contributed by atoms with Gasteiger partial charge in [0, 0.05) is 5.33 Å². The molecule has 0 unspecified atom stereocenters. The highest BCUT2D eigenvalue weighted by Crippen LogP contribution is 2.19. The van der Waals surface area contributed by atoms with Gasteiger partial charge < -0.3 is 4.74 Å². The lowest BCUT2D eigenvalue weighted by atomic mass is 10.1. The molecule has 1 aromatic rings. The van der Waals surface area contributed by atoms with Crippen molar-refractivity contribution in [3.63, 3.8) is 0 Å². The number of unbranched alkanes of at least 4 members (excludes halogenated alkanes) is 7. The molecule has 20 heavy (non-hydrogen) atoms. The summed E-state index contributed by atoms with van der Waals surface area (Å²) in [7, 11) is 0. The fraction of sp³-hybridized carbons (Fsp3) is 0.667. The number of rotatable bonds is 11. The molecule has 0 fully saturated rings. The molecule has 1 nitrogen and oxygen atoms in total. The summed E-state index contributed by atoms with van der Waals surface area (Å²) >= 11 is 3.48. The molecule has 0 heterocycles. The SMILES string of the molecule is Cc1ccc(C)c(OCCCCCCCCCCBr)c1. The second-order valence-corrected chi connectivity index (χ2v) is 6.43. The highest BCUT2D eigenvalue weighted by molar-refractivity contribution is 9.09. The molecule has 0 bridgehead atoms. The molecule has 114 valence electrons. The smallest absolute Gasteiger partial charge is 0.122 e. The van der Waals surface area contributed by atoms with E-state index in [0.717, 1.165) is 17.7 Å². The Balaban J connectivity index is 1.98. The second-order valence-electron chi connectivity index (χ2n) is 5.63. The van der Waals surface area contributed by atoms with Crippen LogP contribution in [0.5, 0.6) is 5.75 Å². The van der Waals surface area contributed by atoms with E-state index in [1.54, 1.807) is 0 Å². The van der Waals surface area contributed by atoms with Crippen molar-refractivity contribution >= 4 is 15.9 Å². The molecule has 0 saturated heterocycles. The Morgan fingerprint density at radius 2 is 1.45 bits per heavy atom. The number of halogens is 1. The van der Waals surface area contributed by atoms with E-state index in [-0.39, 0.29) is 0 Å². The Hall–Kier alpha value is -0.500. The lowest BCUT2D eigenvalue weighted by molar-refractivity contribution is 0.302. The average molecular weight is 341 g/mol. The minimum absolute atomic E-state index is 0.855. The highest BCUT2D eigenvalue weighted by Gasteiger charge is 1.99. The van der Waals surface area contributed by atoms with Gasteiger partial charge >= 0.3 is 0 Å². The predicted octanol–water partition coefficient (Wildman–Crippen LogP) is 6.20. The fourth-order valence-corrected chi connectivity index (χ4v) is 2.70. The van der Waals surface area contributed by atoms with Crippen LogP contribution >= 0.6 is 15.9 Å². The summed E-state index contributed by atoms with van der Waals surface area (Å²) in [5, 5.41) is 1.16. The Labute approximate surface area is 133 Å². The molecule has 0 atom stereocenters. The molecule has 0 aliphatic rings. The Kier molecular flexibility index (Phi) is 9.82. The van der Waals surface area contributed by atoms with Gasteiger partial charge in [-0.3, -0.25) is 0 Å². The monoisotopic (exact) mass is 340 g/mol. The van der Waals surface area contributed by atoms with E-state index in [1.165, 1.54) is 62.5 Å². The summed E-state index contributed by atoms with van der Waals surface area (Å²) in [5.74, 6) is 1.06. The van der Waals surface area contributed by atoms with Crippen LogP contribution in [-0.4, -0.2) is 11.9 Å². The number of aryl methyl sites for hydroxylation is 2. The molecule has 0 amide bonds. The first kappa shape index (κ1) is 17.6. The van der Waals surface area contributed by atoms with Crippen molar-refractivity contribution in [1.82, 2.24) is 0 Å². The molecule has 0 spiro atoms. The van der Waals surface area contributed by atoms with Gasteiger partial charge in [-0.2, -0.15) is 0 Å². The summed E-state index contributed by atoms with van der Waals surface area (Å²) in [6.45, 7) is 5.08. The molecule has 0 N–H and O–H groups in total. The quantitative estimate of drug-likeness (QED) is 0.344. The van der Waals surface area contributed by atoms with Crippen LogP contribution in [0.4, 0.5) is 0 Å². The minimum Gasteiger partial charge on any atom is -0.493 e. The Bertz CT molecular complexity index is 362. The van der Waals surface area contributed by atoms with Gasteiger partial charge in [-0.15, -0.1) is 0 Å². The van der Waals surface area contributed by atoms with Crippen LogP contribution in [0.15, 0.2) is 18.2 Å². The van der Waals surface area contributed by atoms with Crippen LogP contribution in [0.3, 0.4) is 0 Å². The number of ether oxygens (including phenoxy) is 1. The second kappa shape index (κ2) is 11.2. The number of hydrogen-bond acceptors (Lipinski definition) is 1. The number of benzene rings is 1. The van der Waals surface area contributed by atoms with Crippen LogP contribution in [0.2, 0.25) is 0 Å². The van der Waals surface area contributed by atoms with Crippen molar-refractivity contribution in [3.8, 4) is 5.75 Å². The number of alkyl halides is 1. The molecule has 0 aliphatic heterocycles. The van der Waals surface area contributed by atoms with E-state index in [0.29, 0.717) is 0 Å². The van der Waals surface area contributed by atoms with Gasteiger partial charge in [-0.25, -0.2) is 0 Å². The first-order valence-electron chi connectivity index (χ1n) is 8.00. The largest absolute Gasteiger partial charge is 0.493 e. The third-order valence-electron chi connectivity index (χ3n) is 3.63. The molecular weight excluding hydrogens is 312 g/mol. The molecular formula is C18H29BrO. The van der Waals surface area contributed by atoms with E-state index in [9.17, 15) is 0 Å². The molecule has 1 aromatic carbocycles. The number of hydrogen-bond donors (Lipinski definition) is 0. The summed E-state index contributed by atoms with van der Waals surface area (Å²) in [4.78, 5) is 0. The molecule has 0 aromatic heterocycles. The first-order chi connectivity index (χ1) is 9.74. The van der Waals surface area contributed by atoms with Crippen LogP contribution in [0.1, 0.15) is 62.5 Å². The van der Waals surface area contributed by atoms with Crippen molar-refractivity contribution in [1.29, 1.82) is 0 Å². The van der Waals surface area contributed by atoms with Crippen LogP contribution in [0.25, 0.3) is 0 Å². The van der Waals surface area contributed by atoms with E-state index in [4.69, 9.17) is 4.74 Å². The van der Waals surface area contributed by atoms with Crippen molar-refractivity contribution in [3.05, 3.63) is 29.3 Å². The third kappa shape index (κ3) is 7.94. The van der Waals surface area contributed by atoms with E-state index < -0.39 is 0 Å². The molecule has 2 heteroatoms. The van der Waals surface area contributed by atoms with Crippen molar-refractivity contribution in [2.24, 2.45) is 0 Å². The average Bonchev–Trinajstić information content (AvgIpc) is 2.44. The summed E-state index contributed by atoms with van der Waals surface area (Å²) < 4.78 is 5.87. The van der Waals surface area contributed by atoms with E-state index in [2.05, 4.69) is 48.0 Å². The lowest BCUT2D eigenvalue weighted by Gasteiger charge is -2.09. The summed E-state index contributed by atoms with van der Waals surface area (Å²) in [6.07, 6.45) is 10.7. The van der Waals surface area contributed by atoms with Crippen molar-refractivity contribution < 1.29 is 4.74 Å². The molecule has 0 aliphatic carbocycles. The zero-order valence-electron chi connectivity index (χ0n) is 13.1. The van der Waals surface area contributed by atoms with E-state index in [1.807, 2.05) is 0 Å². The first-order valence-corrected chi connectivity index (χ1v) is 9.12. The van der Waals surface area contributed by atoms with Crippen LogP contribution in [-0.2, 0) is 0 Å².